The molecule has 4 aromatic rings. The Morgan fingerprint density at radius 3 is 2.66 bits per heavy atom. The maximum absolute atomic E-state index is 12.4. The number of pyridine rings is 1. The quantitative estimate of drug-likeness (QED) is 0.582. The van der Waals surface area contributed by atoms with E-state index in [1.165, 1.54) is 0 Å². The van der Waals surface area contributed by atoms with E-state index in [1.807, 2.05) is 90.6 Å². The summed E-state index contributed by atoms with van der Waals surface area (Å²) in [6, 6.07) is 21.3. The number of benzene rings is 2. The maximum atomic E-state index is 12.4. The molecule has 6 heteroatoms. The van der Waals surface area contributed by atoms with Crippen molar-refractivity contribution in [3.05, 3.63) is 95.9 Å². The zero-order valence-electron chi connectivity index (χ0n) is 15.9. The van der Waals surface area contributed by atoms with Crippen LogP contribution >= 0.6 is 0 Å². The highest BCUT2D eigenvalue weighted by molar-refractivity contribution is 6.01. The largest absolute Gasteiger partial charge is 0.487 e. The molecule has 1 aliphatic rings. The number of nitrogens with zero attached hydrogens (tertiary/aromatic N) is 3. The predicted molar refractivity (Wildman–Crippen MR) is 111 cm³/mol. The molecule has 2 aromatic carbocycles. The number of hydrogen-bond donors (Lipinski definition) is 1. The Hall–Kier alpha value is -3.80. The van der Waals surface area contributed by atoms with Gasteiger partial charge >= 0.3 is 0 Å². The van der Waals surface area contributed by atoms with Crippen molar-refractivity contribution in [3.63, 3.8) is 0 Å². The van der Waals surface area contributed by atoms with Gasteiger partial charge < -0.3 is 19.4 Å². The summed E-state index contributed by atoms with van der Waals surface area (Å²) in [5.74, 6) is 0.701. The zero-order valence-corrected chi connectivity index (χ0v) is 15.9. The Balaban J connectivity index is 1.31. The first-order valence-electron chi connectivity index (χ1n) is 9.47. The van der Waals surface area contributed by atoms with Crippen molar-refractivity contribution in [2.45, 2.75) is 12.8 Å². The summed E-state index contributed by atoms with van der Waals surface area (Å²) in [6.07, 6.45) is 3.71. The summed E-state index contributed by atoms with van der Waals surface area (Å²) in [5, 5.41) is 3.06. The number of nitrogens with one attached hydrogen (secondary N) is 1. The van der Waals surface area contributed by atoms with Gasteiger partial charge in [-0.2, -0.15) is 0 Å². The normalized spacial score (nSPS) is 15.8. The van der Waals surface area contributed by atoms with E-state index in [0.717, 1.165) is 28.3 Å². The van der Waals surface area contributed by atoms with Crippen LogP contribution in [0.25, 0.3) is 5.65 Å². The molecule has 0 saturated carbocycles. The number of para-hydroxylation sites is 1. The fourth-order valence-corrected chi connectivity index (χ4v) is 3.68. The van der Waals surface area contributed by atoms with Crippen LogP contribution in [-0.4, -0.2) is 22.3 Å². The molecular formula is C23H20N4O2. The number of amides is 1. The number of rotatable bonds is 4. The molecule has 3 heterocycles. The van der Waals surface area contributed by atoms with E-state index in [9.17, 15) is 4.79 Å². The third-order valence-corrected chi connectivity index (χ3v) is 5.18. The van der Waals surface area contributed by atoms with Gasteiger partial charge in [0.15, 0.2) is 0 Å². The molecule has 1 unspecified atom stereocenters. The summed E-state index contributed by atoms with van der Waals surface area (Å²) >= 11 is 0. The molecule has 29 heavy (non-hydrogen) atoms. The second kappa shape index (κ2) is 6.98. The standard InChI is InChI=1S/C23H20N4O2/c1-26-20-7-3-2-6-19(20)23(28)25-22(26)16-9-11-18(12-10-16)29-15-17-14-27-13-5-4-8-21(27)24-17/h2-14,22H,15H2,1H3,(H,25,28). The van der Waals surface area contributed by atoms with Crippen molar-refractivity contribution in [1.29, 1.82) is 0 Å². The number of imidazole rings is 1. The van der Waals surface area contributed by atoms with Crippen LogP contribution in [0.5, 0.6) is 5.75 Å². The Morgan fingerprint density at radius 1 is 1.03 bits per heavy atom. The third-order valence-electron chi connectivity index (χ3n) is 5.18. The lowest BCUT2D eigenvalue weighted by Gasteiger charge is -2.36. The first-order valence-corrected chi connectivity index (χ1v) is 9.47. The molecule has 0 aliphatic carbocycles. The number of fused-ring (bicyclic) bond motifs is 2. The van der Waals surface area contributed by atoms with Gasteiger partial charge in [0.1, 0.15) is 24.2 Å². The summed E-state index contributed by atoms with van der Waals surface area (Å²) < 4.78 is 7.86. The predicted octanol–water partition coefficient (Wildman–Crippen LogP) is 3.79. The second-order valence-electron chi connectivity index (χ2n) is 7.06. The summed E-state index contributed by atoms with van der Waals surface area (Å²) in [7, 11) is 1.98. The van der Waals surface area contributed by atoms with Crippen LogP contribution in [0.2, 0.25) is 0 Å². The van der Waals surface area contributed by atoms with Crippen LogP contribution in [-0.2, 0) is 6.61 Å². The minimum Gasteiger partial charge on any atom is -0.487 e. The zero-order chi connectivity index (χ0) is 19.8. The summed E-state index contributed by atoms with van der Waals surface area (Å²) in [6.45, 7) is 0.397. The minimum absolute atomic E-state index is 0.0594. The van der Waals surface area contributed by atoms with Crippen LogP contribution < -0.4 is 15.0 Å². The first-order chi connectivity index (χ1) is 14.2. The maximum Gasteiger partial charge on any atom is 0.255 e. The Morgan fingerprint density at radius 2 is 1.83 bits per heavy atom. The van der Waals surface area contributed by atoms with Gasteiger partial charge in [-0.15, -0.1) is 0 Å². The van der Waals surface area contributed by atoms with Crippen molar-refractivity contribution >= 4 is 17.2 Å². The van der Waals surface area contributed by atoms with E-state index in [2.05, 4.69) is 15.2 Å². The van der Waals surface area contributed by atoms with Crippen LogP contribution in [0.1, 0.15) is 27.8 Å². The lowest BCUT2D eigenvalue weighted by atomic mass is 10.0. The number of hydrogen-bond acceptors (Lipinski definition) is 4. The van der Waals surface area contributed by atoms with Gasteiger partial charge in [0.2, 0.25) is 0 Å². The third kappa shape index (κ3) is 3.18. The van der Waals surface area contributed by atoms with Crippen molar-refractivity contribution < 1.29 is 9.53 Å². The Labute approximate surface area is 168 Å². The van der Waals surface area contributed by atoms with Crippen molar-refractivity contribution in [1.82, 2.24) is 14.7 Å². The minimum atomic E-state index is -0.218. The molecule has 1 aliphatic heterocycles. The molecule has 2 aromatic heterocycles. The number of anilines is 1. The van der Waals surface area contributed by atoms with E-state index >= 15 is 0 Å². The summed E-state index contributed by atoms with van der Waals surface area (Å²) in [5.41, 5.74) is 4.39. The van der Waals surface area contributed by atoms with Crippen molar-refractivity contribution in [2.24, 2.45) is 0 Å². The molecule has 0 saturated heterocycles. The monoisotopic (exact) mass is 384 g/mol. The molecule has 5 rings (SSSR count). The van der Waals surface area contributed by atoms with Crippen molar-refractivity contribution in [3.8, 4) is 5.75 Å². The topological polar surface area (TPSA) is 58.9 Å². The lowest BCUT2D eigenvalue weighted by Crippen LogP contribution is -2.44. The van der Waals surface area contributed by atoms with Crippen LogP contribution in [0.15, 0.2) is 79.1 Å². The van der Waals surface area contributed by atoms with E-state index in [0.29, 0.717) is 12.2 Å². The first kappa shape index (κ1) is 17.3. The Bertz CT molecular complexity index is 1150. The van der Waals surface area contributed by atoms with Gasteiger partial charge in [0.05, 0.1) is 16.9 Å². The molecule has 144 valence electrons. The SMILES string of the molecule is CN1c2ccccc2C(=O)NC1c1ccc(OCc2cn3ccccc3n2)cc1. The van der Waals surface area contributed by atoms with E-state index < -0.39 is 0 Å². The molecular weight excluding hydrogens is 364 g/mol. The lowest BCUT2D eigenvalue weighted by molar-refractivity contribution is 0.0928. The summed E-state index contributed by atoms with van der Waals surface area (Å²) in [4.78, 5) is 19.1. The Kier molecular flexibility index (Phi) is 4.17. The average Bonchev–Trinajstić information content (AvgIpc) is 3.18. The molecule has 0 spiro atoms. The van der Waals surface area contributed by atoms with E-state index in [1.54, 1.807) is 0 Å². The average molecular weight is 384 g/mol. The van der Waals surface area contributed by atoms with Gasteiger partial charge in [-0.1, -0.05) is 30.3 Å². The fraction of sp³-hybridized carbons (Fsp3) is 0.130. The van der Waals surface area contributed by atoms with Gasteiger partial charge in [-0.05, 0) is 42.0 Å². The second-order valence-corrected chi connectivity index (χ2v) is 7.06. The molecule has 0 bridgehead atoms. The molecule has 6 nitrogen and oxygen atoms in total. The van der Waals surface area contributed by atoms with Crippen LogP contribution in [0.3, 0.4) is 0 Å². The highest BCUT2D eigenvalue weighted by Crippen LogP contribution is 2.32. The van der Waals surface area contributed by atoms with Crippen LogP contribution in [0, 0.1) is 0 Å². The van der Waals surface area contributed by atoms with Gasteiger partial charge in [0.25, 0.3) is 5.91 Å². The molecule has 0 radical (unpaired) electrons. The smallest absolute Gasteiger partial charge is 0.255 e. The van der Waals surface area contributed by atoms with E-state index in [4.69, 9.17) is 4.74 Å². The van der Waals surface area contributed by atoms with Crippen LogP contribution in [0.4, 0.5) is 5.69 Å². The molecule has 0 fully saturated rings. The highest BCUT2D eigenvalue weighted by Gasteiger charge is 2.28. The van der Waals surface area contributed by atoms with Gasteiger partial charge in [-0.3, -0.25) is 4.79 Å². The number of aromatic nitrogens is 2. The number of carbonyl (C=O) groups excluding carboxylic acids is 1. The van der Waals surface area contributed by atoms with Crippen molar-refractivity contribution in [2.75, 3.05) is 11.9 Å². The van der Waals surface area contributed by atoms with Gasteiger partial charge in [-0.25, -0.2) is 4.98 Å². The van der Waals surface area contributed by atoms with E-state index in [-0.39, 0.29) is 12.1 Å². The van der Waals surface area contributed by atoms with Gasteiger partial charge in [0, 0.05) is 19.4 Å². The number of carbonyl (C=O) groups is 1. The fourth-order valence-electron chi connectivity index (χ4n) is 3.68. The number of ether oxygens (including phenoxy) is 1. The molecule has 1 amide bonds. The molecule has 1 N–H and O–H groups in total. The molecule has 1 atom stereocenters. The highest BCUT2D eigenvalue weighted by atomic mass is 16.5.